The number of carboxylic acid groups (broad SMARTS) is 1. The summed E-state index contributed by atoms with van der Waals surface area (Å²) in [4.78, 5) is 14.9. The number of pyridine rings is 1. The topological polar surface area (TPSA) is 68.7 Å². The molecule has 0 aliphatic rings. The predicted octanol–water partition coefficient (Wildman–Crippen LogP) is 3.45. The summed E-state index contributed by atoms with van der Waals surface area (Å²) in [7, 11) is 1.58. The lowest BCUT2D eigenvalue weighted by atomic mass is 10.1. The zero-order valence-electron chi connectivity index (χ0n) is 12.2. The Labute approximate surface area is 123 Å². The van der Waals surface area contributed by atoms with Crippen molar-refractivity contribution >= 4 is 5.97 Å². The average molecular weight is 287 g/mol. The number of rotatable bonds is 5. The van der Waals surface area contributed by atoms with E-state index in [1.807, 2.05) is 18.2 Å². The van der Waals surface area contributed by atoms with Crippen LogP contribution in [-0.2, 0) is 6.42 Å². The Bertz CT molecular complexity index is 667. The van der Waals surface area contributed by atoms with E-state index in [0.717, 1.165) is 12.0 Å². The third kappa shape index (κ3) is 3.31. The molecule has 5 nitrogen and oxygen atoms in total. The van der Waals surface area contributed by atoms with E-state index in [1.165, 1.54) is 12.3 Å². The third-order valence-corrected chi connectivity index (χ3v) is 3.12. The number of aromatic carboxylic acids is 1. The minimum Gasteiger partial charge on any atom is -0.493 e. The van der Waals surface area contributed by atoms with Crippen molar-refractivity contribution in [3.05, 3.63) is 47.2 Å². The van der Waals surface area contributed by atoms with E-state index in [9.17, 15) is 4.79 Å². The van der Waals surface area contributed by atoms with E-state index in [4.69, 9.17) is 14.6 Å². The fourth-order valence-electron chi connectivity index (χ4n) is 1.91. The number of aryl methyl sites for hydroxylation is 2. The number of carboxylic acids is 1. The molecule has 0 bridgehead atoms. The van der Waals surface area contributed by atoms with E-state index in [-0.39, 0.29) is 5.56 Å². The van der Waals surface area contributed by atoms with E-state index in [1.54, 1.807) is 14.0 Å². The summed E-state index contributed by atoms with van der Waals surface area (Å²) < 4.78 is 11.1. The summed E-state index contributed by atoms with van der Waals surface area (Å²) in [5.74, 6) is 0.524. The first-order chi connectivity index (χ1) is 10.0. The highest BCUT2D eigenvalue weighted by Gasteiger charge is 2.11. The van der Waals surface area contributed by atoms with Gasteiger partial charge in [-0.3, -0.25) is 0 Å². The zero-order chi connectivity index (χ0) is 15.4. The number of benzene rings is 1. The molecule has 0 spiro atoms. The molecule has 110 valence electrons. The Hall–Kier alpha value is -2.56. The average Bonchev–Trinajstić information content (AvgIpc) is 2.49. The Morgan fingerprint density at radius 3 is 2.62 bits per heavy atom. The molecule has 1 heterocycles. The van der Waals surface area contributed by atoms with Gasteiger partial charge >= 0.3 is 5.97 Å². The predicted molar refractivity (Wildman–Crippen MR) is 78.4 cm³/mol. The second-order valence-corrected chi connectivity index (χ2v) is 4.59. The van der Waals surface area contributed by atoms with Crippen LogP contribution < -0.4 is 9.47 Å². The lowest BCUT2D eigenvalue weighted by Crippen LogP contribution is -2.00. The summed E-state index contributed by atoms with van der Waals surface area (Å²) in [6.07, 6.45) is 2.18. The van der Waals surface area contributed by atoms with Crippen molar-refractivity contribution in [3.63, 3.8) is 0 Å². The number of carbonyl (C=O) groups is 1. The summed E-state index contributed by atoms with van der Waals surface area (Å²) in [6.45, 7) is 3.81. The van der Waals surface area contributed by atoms with Crippen molar-refractivity contribution < 1.29 is 19.4 Å². The molecule has 0 aliphatic heterocycles. The highest BCUT2D eigenvalue weighted by molar-refractivity contribution is 5.87. The van der Waals surface area contributed by atoms with E-state index in [2.05, 4.69) is 11.9 Å². The summed E-state index contributed by atoms with van der Waals surface area (Å²) >= 11 is 0. The molecule has 2 rings (SSSR count). The molecule has 0 radical (unpaired) electrons. The fourth-order valence-corrected chi connectivity index (χ4v) is 1.91. The number of methoxy groups -OCH3 is 1. The SMILES string of the molecule is CCc1ccc(Oc2ncc(C(=O)O)cc2C)c(OC)c1. The standard InChI is InChI=1S/C16H17NO4/c1-4-11-5-6-13(14(8-11)20-3)21-15-10(2)7-12(9-17-15)16(18)19/h5-9H,4H2,1-3H3,(H,18,19). The van der Waals surface area contributed by atoms with Crippen LogP contribution >= 0.6 is 0 Å². The fraction of sp³-hybridized carbons (Fsp3) is 0.250. The minimum atomic E-state index is -1.01. The molecule has 0 fully saturated rings. The molecule has 1 aromatic heterocycles. The second-order valence-electron chi connectivity index (χ2n) is 4.59. The van der Waals surface area contributed by atoms with Crippen molar-refractivity contribution in [1.82, 2.24) is 4.98 Å². The van der Waals surface area contributed by atoms with Gasteiger partial charge in [0.05, 0.1) is 12.7 Å². The van der Waals surface area contributed by atoms with E-state index >= 15 is 0 Å². The molecular weight excluding hydrogens is 270 g/mol. The number of hydrogen-bond donors (Lipinski definition) is 1. The maximum Gasteiger partial charge on any atom is 0.337 e. The van der Waals surface area contributed by atoms with Gasteiger partial charge in [-0.25, -0.2) is 9.78 Å². The highest BCUT2D eigenvalue weighted by Crippen LogP contribution is 2.33. The van der Waals surface area contributed by atoms with Gasteiger partial charge in [0, 0.05) is 11.8 Å². The Balaban J connectivity index is 2.32. The smallest absolute Gasteiger partial charge is 0.337 e. The van der Waals surface area contributed by atoms with Crippen LogP contribution in [0.15, 0.2) is 30.5 Å². The number of nitrogens with zero attached hydrogens (tertiary/aromatic N) is 1. The quantitative estimate of drug-likeness (QED) is 0.912. The van der Waals surface area contributed by atoms with Crippen molar-refractivity contribution in [2.24, 2.45) is 0 Å². The van der Waals surface area contributed by atoms with Gasteiger partial charge in [-0.1, -0.05) is 13.0 Å². The van der Waals surface area contributed by atoms with Gasteiger partial charge in [0.2, 0.25) is 5.88 Å². The zero-order valence-corrected chi connectivity index (χ0v) is 12.2. The van der Waals surface area contributed by atoms with Gasteiger partial charge in [0.1, 0.15) is 0 Å². The molecule has 0 saturated heterocycles. The van der Waals surface area contributed by atoms with Crippen molar-refractivity contribution in [1.29, 1.82) is 0 Å². The van der Waals surface area contributed by atoms with Crippen LogP contribution in [0.4, 0.5) is 0 Å². The maximum absolute atomic E-state index is 10.9. The molecule has 1 aromatic carbocycles. The lowest BCUT2D eigenvalue weighted by molar-refractivity contribution is 0.0696. The largest absolute Gasteiger partial charge is 0.493 e. The first-order valence-electron chi connectivity index (χ1n) is 6.59. The molecular formula is C16H17NO4. The first kappa shape index (κ1) is 14.8. The minimum absolute atomic E-state index is 0.133. The van der Waals surface area contributed by atoms with Gasteiger partial charge < -0.3 is 14.6 Å². The van der Waals surface area contributed by atoms with E-state index < -0.39 is 5.97 Å². The molecule has 0 saturated carbocycles. The molecule has 1 N–H and O–H groups in total. The van der Waals surface area contributed by atoms with Crippen LogP contribution in [0.25, 0.3) is 0 Å². The lowest BCUT2D eigenvalue weighted by Gasteiger charge is -2.12. The first-order valence-corrected chi connectivity index (χ1v) is 6.59. The Morgan fingerprint density at radius 2 is 2.05 bits per heavy atom. The normalized spacial score (nSPS) is 10.2. The monoisotopic (exact) mass is 287 g/mol. The molecule has 0 atom stereocenters. The molecule has 0 unspecified atom stereocenters. The number of ether oxygens (including phenoxy) is 2. The molecule has 5 heteroatoms. The van der Waals surface area contributed by atoms with Gasteiger partial charge in [-0.15, -0.1) is 0 Å². The summed E-state index contributed by atoms with van der Waals surface area (Å²) in [6, 6.07) is 7.22. The maximum atomic E-state index is 10.9. The second kappa shape index (κ2) is 6.26. The summed E-state index contributed by atoms with van der Waals surface area (Å²) in [5.41, 5.74) is 1.93. The molecule has 2 aromatic rings. The highest BCUT2D eigenvalue weighted by atomic mass is 16.5. The van der Waals surface area contributed by atoms with Gasteiger partial charge in [0.25, 0.3) is 0 Å². The van der Waals surface area contributed by atoms with Crippen LogP contribution in [0.3, 0.4) is 0 Å². The van der Waals surface area contributed by atoms with Crippen LogP contribution in [0.5, 0.6) is 17.4 Å². The Kier molecular flexibility index (Phi) is 4.42. The third-order valence-electron chi connectivity index (χ3n) is 3.12. The van der Waals surface area contributed by atoms with Crippen molar-refractivity contribution in [2.45, 2.75) is 20.3 Å². The molecule has 21 heavy (non-hydrogen) atoms. The van der Waals surface area contributed by atoms with Crippen LogP contribution in [0.2, 0.25) is 0 Å². The van der Waals surface area contributed by atoms with Crippen LogP contribution in [0, 0.1) is 6.92 Å². The van der Waals surface area contributed by atoms with Crippen molar-refractivity contribution in [3.8, 4) is 17.4 Å². The Morgan fingerprint density at radius 1 is 1.29 bits per heavy atom. The molecule has 0 aliphatic carbocycles. The van der Waals surface area contributed by atoms with Gasteiger partial charge in [-0.2, -0.15) is 0 Å². The van der Waals surface area contributed by atoms with Crippen LogP contribution in [-0.4, -0.2) is 23.2 Å². The summed E-state index contributed by atoms with van der Waals surface area (Å²) in [5, 5.41) is 8.93. The van der Waals surface area contributed by atoms with Gasteiger partial charge in [-0.05, 0) is 37.1 Å². The van der Waals surface area contributed by atoms with Gasteiger partial charge in [0.15, 0.2) is 11.5 Å². The van der Waals surface area contributed by atoms with Crippen LogP contribution in [0.1, 0.15) is 28.4 Å². The van der Waals surface area contributed by atoms with E-state index in [0.29, 0.717) is 22.9 Å². The molecule has 0 amide bonds. The number of aromatic nitrogens is 1. The van der Waals surface area contributed by atoms with Crippen molar-refractivity contribution in [2.75, 3.05) is 7.11 Å². The number of hydrogen-bond acceptors (Lipinski definition) is 4.